The summed E-state index contributed by atoms with van der Waals surface area (Å²) in [7, 11) is 0. The number of nitrogens with zero attached hydrogens (tertiary/aromatic N) is 1. The maximum atomic E-state index is 11.1. The van der Waals surface area contributed by atoms with E-state index in [1.54, 1.807) is 0 Å². The molecule has 84 valence electrons. The van der Waals surface area contributed by atoms with Gasteiger partial charge in [-0.2, -0.15) is 0 Å². The Morgan fingerprint density at radius 3 is 3.07 bits per heavy atom. The highest BCUT2D eigenvalue weighted by Gasteiger charge is 2.36. The SMILES string of the molecule is CC1CCN(CC2=CCCC2)C1C(=O)O. The van der Waals surface area contributed by atoms with E-state index < -0.39 is 5.97 Å². The topological polar surface area (TPSA) is 40.5 Å². The second-order valence-electron chi connectivity index (χ2n) is 4.77. The number of hydrogen-bond donors (Lipinski definition) is 1. The molecule has 2 rings (SSSR count). The van der Waals surface area contributed by atoms with Crippen molar-refractivity contribution in [2.24, 2.45) is 5.92 Å². The van der Waals surface area contributed by atoms with Crippen LogP contribution in [-0.2, 0) is 4.79 Å². The molecule has 1 saturated heterocycles. The summed E-state index contributed by atoms with van der Waals surface area (Å²) in [6, 6.07) is -0.258. The van der Waals surface area contributed by atoms with E-state index in [-0.39, 0.29) is 6.04 Å². The first kappa shape index (κ1) is 10.7. The van der Waals surface area contributed by atoms with Crippen LogP contribution in [-0.4, -0.2) is 35.1 Å². The number of aliphatic carboxylic acids is 1. The van der Waals surface area contributed by atoms with Gasteiger partial charge in [-0.05, 0) is 38.1 Å². The van der Waals surface area contributed by atoms with Gasteiger partial charge in [-0.15, -0.1) is 0 Å². The van der Waals surface area contributed by atoms with Gasteiger partial charge in [-0.1, -0.05) is 18.6 Å². The third-order valence-corrected chi connectivity index (χ3v) is 3.60. The first-order valence-corrected chi connectivity index (χ1v) is 5.83. The maximum absolute atomic E-state index is 11.1. The van der Waals surface area contributed by atoms with Crippen LogP contribution in [0.25, 0.3) is 0 Å². The van der Waals surface area contributed by atoms with Crippen LogP contribution < -0.4 is 0 Å². The summed E-state index contributed by atoms with van der Waals surface area (Å²) in [5.74, 6) is -0.358. The Bertz CT molecular complexity index is 285. The lowest BCUT2D eigenvalue weighted by Gasteiger charge is -2.23. The van der Waals surface area contributed by atoms with Gasteiger partial charge in [0.1, 0.15) is 6.04 Å². The predicted octanol–water partition coefficient (Wildman–Crippen LogP) is 1.89. The molecule has 0 saturated carbocycles. The van der Waals surface area contributed by atoms with Gasteiger partial charge in [-0.25, -0.2) is 0 Å². The highest BCUT2D eigenvalue weighted by molar-refractivity contribution is 5.74. The number of carboxylic acid groups (broad SMARTS) is 1. The molecule has 0 aromatic carbocycles. The number of rotatable bonds is 3. The zero-order valence-corrected chi connectivity index (χ0v) is 9.28. The van der Waals surface area contributed by atoms with Crippen LogP contribution in [0.2, 0.25) is 0 Å². The maximum Gasteiger partial charge on any atom is 0.321 e. The fraction of sp³-hybridized carbons (Fsp3) is 0.750. The average molecular weight is 209 g/mol. The first-order valence-electron chi connectivity index (χ1n) is 5.83. The average Bonchev–Trinajstić information content (AvgIpc) is 2.76. The molecule has 1 N–H and O–H groups in total. The molecule has 2 aliphatic rings. The van der Waals surface area contributed by atoms with Crippen molar-refractivity contribution in [2.45, 2.75) is 38.6 Å². The van der Waals surface area contributed by atoms with E-state index in [2.05, 4.69) is 11.0 Å². The Hall–Kier alpha value is -0.830. The van der Waals surface area contributed by atoms with Crippen LogP contribution in [0.3, 0.4) is 0 Å². The summed E-state index contributed by atoms with van der Waals surface area (Å²) >= 11 is 0. The smallest absolute Gasteiger partial charge is 0.321 e. The van der Waals surface area contributed by atoms with Crippen molar-refractivity contribution in [3.05, 3.63) is 11.6 Å². The number of carbonyl (C=O) groups is 1. The van der Waals surface area contributed by atoms with Crippen molar-refractivity contribution in [2.75, 3.05) is 13.1 Å². The van der Waals surface area contributed by atoms with Crippen LogP contribution in [0.1, 0.15) is 32.6 Å². The number of likely N-dealkylation sites (tertiary alicyclic amines) is 1. The summed E-state index contributed by atoms with van der Waals surface area (Å²) < 4.78 is 0. The monoisotopic (exact) mass is 209 g/mol. The van der Waals surface area contributed by atoms with Crippen molar-refractivity contribution in [3.8, 4) is 0 Å². The van der Waals surface area contributed by atoms with Gasteiger partial charge in [0.2, 0.25) is 0 Å². The molecule has 15 heavy (non-hydrogen) atoms. The summed E-state index contributed by atoms with van der Waals surface area (Å²) in [5, 5.41) is 9.17. The molecule has 0 bridgehead atoms. The van der Waals surface area contributed by atoms with Crippen LogP contribution in [0, 0.1) is 5.92 Å². The van der Waals surface area contributed by atoms with Gasteiger partial charge in [0, 0.05) is 6.54 Å². The lowest BCUT2D eigenvalue weighted by atomic mass is 10.0. The largest absolute Gasteiger partial charge is 0.480 e. The van der Waals surface area contributed by atoms with E-state index in [9.17, 15) is 4.79 Å². The lowest BCUT2D eigenvalue weighted by molar-refractivity contribution is -0.143. The summed E-state index contributed by atoms with van der Waals surface area (Å²) in [6.07, 6.45) is 6.89. The molecule has 3 heteroatoms. The first-order chi connectivity index (χ1) is 7.18. The Kier molecular flexibility index (Phi) is 3.10. The van der Waals surface area contributed by atoms with Gasteiger partial charge in [0.15, 0.2) is 0 Å². The minimum atomic E-state index is -0.654. The fourth-order valence-corrected chi connectivity index (χ4v) is 2.75. The van der Waals surface area contributed by atoms with Crippen molar-refractivity contribution < 1.29 is 9.90 Å². The fourth-order valence-electron chi connectivity index (χ4n) is 2.75. The van der Waals surface area contributed by atoms with Gasteiger partial charge in [-0.3, -0.25) is 9.69 Å². The van der Waals surface area contributed by atoms with E-state index >= 15 is 0 Å². The molecular weight excluding hydrogens is 190 g/mol. The second kappa shape index (κ2) is 4.35. The normalized spacial score (nSPS) is 31.9. The van der Waals surface area contributed by atoms with Gasteiger partial charge in [0.05, 0.1) is 0 Å². The van der Waals surface area contributed by atoms with Crippen molar-refractivity contribution >= 4 is 5.97 Å². The molecule has 1 heterocycles. The molecule has 1 fully saturated rings. The third kappa shape index (κ3) is 2.23. The highest BCUT2D eigenvalue weighted by atomic mass is 16.4. The molecule has 0 spiro atoms. The molecule has 2 unspecified atom stereocenters. The van der Waals surface area contributed by atoms with Gasteiger partial charge >= 0.3 is 5.97 Å². The number of hydrogen-bond acceptors (Lipinski definition) is 2. The Morgan fingerprint density at radius 1 is 1.67 bits per heavy atom. The summed E-state index contributed by atoms with van der Waals surface area (Å²) in [6.45, 7) is 3.86. The molecular formula is C12H19NO2. The number of carboxylic acids is 1. The minimum absolute atomic E-state index is 0.258. The quantitative estimate of drug-likeness (QED) is 0.722. The lowest BCUT2D eigenvalue weighted by Crippen LogP contribution is -2.39. The minimum Gasteiger partial charge on any atom is -0.480 e. The summed E-state index contributed by atoms with van der Waals surface area (Å²) in [4.78, 5) is 13.3. The zero-order chi connectivity index (χ0) is 10.8. The van der Waals surface area contributed by atoms with Crippen LogP contribution in [0.4, 0.5) is 0 Å². The molecule has 2 atom stereocenters. The van der Waals surface area contributed by atoms with E-state index in [0.29, 0.717) is 5.92 Å². The van der Waals surface area contributed by atoms with Crippen LogP contribution >= 0.6 is 0 Å². The van der Waals surface area contributed by atoms with Gasteiger partial charge in [0.25, 0.3) is 0 Å². The molecule has 0 radical (unpaired) electrons. The van der Waals surface area contributed by atoms with E-state index in [0.717, 1.165) is 25.9 Å². The Morgan fingerprint density at radius 2 is 2.47 bits per heavy atom. The van der Waals surface area contributed by atoms with Crippen molar-refractivity contribution in [1.29, 1.82) is 0 Å². The third-order valence-electron chi connectivity index (χ3n) is 3.60. The van der Waals surface area contributed by atoms with Gasteiger partial charge < -0.3 is 5.11 Å². The van der Waals surface area contributed by atoms with Crippen LogP contribution in [0.5, 0.6) is 0 Å². The summed E-state index contributed by atoms with van der Waals surface area (Å²) in [5.41, 5.74) is 1.44. The Balaban J connectivity index is 1.99. The standard InChI is InChI=1S/C12H19NO2/c1-9-6-7-13(11(9)12(14)15)8-10-4-2-3-5-10/h4,9,11H,2-3,5-8H2,1H3,(H,14,15). The van der Waals surface area contributed by atoms with Crippen LogP contribution in [0.15, 0.2) is 11.6 Å². The van der Waals surface area contributed by atoms with E-state index in [1.807, 2.05) is 6.92 Å². The Labute approximate surface area is 90.8 Å². The van der Waals surface area contributed by atoms with E-state index in [1.165, 1.54) is 18.4 Å². The molecule has 0 aromatic heterocycles. The van der Waals surface area contributed by atoms with E-state index in [4.69, 9.17) is 5.11 Å². The van der Waals surface area contributed by atoms with Crippen molar-refractivity contribution in [3.63, 3.8) is 0 Å². The second-order valence-corrected chi connectivity index (χ2v) is 4.77. The zero-order valence-electron chi connectivity index (χ0n) is 9.28. The molecule has 1 aliphatic heterocycles. The molecule has 0 aromatic rings. The molecule has 1 aliphatic carbocycles. The van der Waals surface area contributed by atoms with Crippen molar-refractivity contribution in [1.82, 2.24) is 4.90 Å². The highest BCUT2D eigenvalue weighted by Crippen LogP contribution is 2.27. The number of allylic oxidation sites excluding steroid dienone is 1. The molecule has 3 nitrogen and oxygen atoms in total. The molecule has 0 amide bonds. The predicted molar refractivity (Wildman–Crippen MR) is 58.7 cm³/mol.